The molecule has 0 spiro atoms. The van der Waals surface area contributed by atoms with Gasteiger partial charge in [0, 0.05) is 0 Å². The molecule has 0 aromatic heterocycles. The molecule has 2 aliphatic rings. The van der Waals surface area contributed by atoms with Crippen LogP contribution in [0.3, 0.4) is 0 Å². The Kier molecular flexibility index (Phi) is 1.86. The van der Waals surface area contributed by atoms with Crippen molar-refractivity contribution in [1.29, 1.82) is 0 Å². The van der Waals surface area contributed by atoms with E-state index >= 15 is 0 Å². The van der Waals surface area contributed by atoms with Crippen LogP contribution < -0.4 is 4.74 Å². The predicted octanol–water partition coefficient (Wildman–Crippen LogP) is 3.45. The second-order valence-corrected chi connectivity index (χ2v) is 4.17. The number of rotatable bonds is 0. The van der Waals surface area contributed by atoms with Crippen molar-refractivity contribution in [2.45, 2.75) is 0 Å². The van der Waals surface area contributed by atoms with Gasteiger partial charge in [-0.1, -0.05) is 30.0 Å². The van der Waals surface area contributed by atoms with Gasteiger partial charge in [0.25, 0.3) is 0 Å². The first-order chi connectivity index (χ1) is 7.36. The van der Waals surface area contributed by atoms with Gasteiger partial charge in [-0.05, 0) is 23.6 Å². The average Bonchev–Trinajstić information content (AvgIpc) is 2.30. The van der Waals surface area contributed by atoms with Crippen molar-refractivity contribution in [1.82, 2.24) is 0 Å². The second kappa shape index (κ2) is 3.21. The zero-order valence-corrected chi connectivity index (χ0v) is 8.62. The van der Waals surface area contributed by atoms with Crippen molar-refractivity contribution >= 4 is 17.5 Å². The highest BCUT2D eigenvalue weighted by molar-refractivity contribution is 8.06. The van der Waals surface area contributed by atoms with Crippen LogP contribution in [0.4, 0.5) is 0 Å². The van der Waals surface area contributed by atoms with Crippen LogP contribution in [-0.4, -0.2) is 5.11 Å². The monoisotopic (exact) mass is 216 g/mol. The largest absolute Gasteiger partial charge is 0.506 e. The molecule has 1 aromatic carbocycles. The minimum absolute atomic E-state index is 0.303. The van der Waals surface area contributed by atoms with Crippen molar-refractivity contribution in [2.24, 2.45) is 0 Å². The number of fused-ring (bicyclic) bond motifs is 2. The fourth-order valence-corrected chi connectivity index (χ4v) is 2.35. The van der Waals surface area contributed by atoms with Gasteiger partial charge >= 0.3 is 0 Å². The van der Waals surface area contributed by atoms with Crippen LogP contribution in [0.15, 0.2) is 52.5 Å². The van der Waals surface area contributed by atoms with Gasteiger partial charge in [0.15, 0.2) is 0 Å². The molecule has 3 heteroatoms. The zero-order chi connectivity index (χ0) is 10.3. The molecular formula is C12H8O2S. The minimum atomic E-state index is 0.303. The smallest absolute Gasteiger partial charge is 0.145 e. The summed E-state index contributed by atoms with van der Waals surface area (Å²) < 4.78 is 5.68. The highest BCUT2D eigenvalue weighted by Gasteiger charge is 2.24. The van der Waals surface area contributed by atoms with E-state index in [9.17, 15) is 5.11 Å². The maximum atomic E-state index is 10.1. The summed E-state index contributed by atoms with van der Waals surface area (Å²) in [5.74, 6) is 1.73. The molecule has 15 heavy (non-hydrogen) atoms. The van der Waals surface area contributed by atoms with E-state index < -0.39 is 0 Å². The predicted molar refractivity (Wildman–Crippen MR) is 61.4 cm³/mol. The first kappa shape index (κ1) is 8.68. The van der Waals surface area contributed by atoms with Gasteiger partial charge in [0.2, 0.25) is 0 Å². The lowest BCUT2D eigenvalue weighted by atomic mass is 10.1. The van der Waals surface area contributed by atoms with Crippen molar-refractivity contribution < 1.29 is 9.84 Å². The molecule has 2 aliphatic heterocycles. The molecule has 0 saturated carbocycles. The van der Waals surface area contributed by atoms with Crippen LogP contribution >= 0.6 is 11.8 Å². The summed E-state index contributed by atoms with van der Waals surface area (Å²) in [6.45, 7) is 0. The summed E-state index contributed by atoms with van der Waals surface area (Å²) in [6, 6.07) is 7.49. The summed E-state index contributed by atoms with van der Waals surface area (Å²) in [6.07, 6.45) is 3.77. The summed E-state index contributed by atoms with van der Waals surface area (Å²) in [7, 11) is 0. The van der Waals surface area contributed by atoms with Crippen LogP contribution in [0.1, 0.15) is 5.56 Å². The number of aliphatic hydroxyl groups excluding tert-OH is 1. The maximum Gasteiger partial charge on any atom is 0.145 e. The van der Waals surface area contributed by atoms with Gasteiger partial charge in [-0.3, -0.25) is 0 Å². The Hall–Kier alpha value is -1.61. The molecule has 0 fully saturated rings. The first-order valence-corrected chi connectivity index (χ1v) is 5.48. The van der Waals surface area contributed by atoms with Crippen LogP contribution in [0.2, 0.25) is 0 Å². The molecule has 1 N–H and O–H groups in total. The van der Waals surface area contributed by atoms with E-state index in [2.05, 4.69) is 0 Å². The topological polar surface area (TPSA) is 29.5 Å². The Labute approximate surface area is 91.6 Å². The number of aliphatic hydroxyl groups is 1. The van der Waals surface area contributed by atoms with Crippen molar-refractivity contribution in [2.75, 3.05) is 0 Å². The number of benzene rings is 1. The molecule has 0 radical (unpaired) electrons. The fourth-order valence-electron chi connectivity index (χ4n) is 1.61. The number of allylic oxidation sites excluding steroid dienone is 2. The van der Waals surface area contributed by atoms with Crippen molar-refractivity contribution in [3.05, 3.63) is 58.1 Å². The molecule has 3 rings (SSSR count). The summed E-state index contributed by atoms with van der Waals surface area (Å²) in [4.78, 5) is 0.788. The quantitative estimate of drug-likeness (QED) is 0.720. The van der Waals surface area contributed by atoms with Crippen molar-refractivity contribution in [3.63, 3.8) is 0 Å². The molecule has 0 unspecified atom stereocenters. The molecule has 2 nitrogen and oxygen atoms in total. The lowest BCUT2D eigenvalue weighted by Crippen LogP contribution is -2.08. The lowest BCUT2D eigenvalue weighted by molar-refractivity contribution is 0.415. The van der Waals surface area contributed by atoms with E-state index in [1.165, 1.54) is 11.8 Å². The lowest BCUT2D eigenvalue weighted by Gasteiger charge is -2.22. The Balaban J connectivity index is 2.23. The Morgan fingerprint density at radius 2 is 2.07 bits per heavy atom. The third-order valence-electron chi connectivity index (χ3n) is 2.31. The van der Waals surface area contributed by atoms with E-state index in [0.29, 0.717) is 11.5 Å². The normalized spacial score (nSPS) is 17.7. The van der Waals surface area contributed by atoms with E-state index in [1.54, 1.807) is 0 Å². The standard InChI is InChI=1S/C12H8O2S/c13-11-8-4-1-2-5-9(8)14-10-6-3-7-15-12(10)11/h1-7,13H. The zero-order valence-electron chi connectivity index (χ0n) is 7.81. The van der Waals surface area contributed by atoms with E-state index in [4.69, 9.17) is 4.74 Å². The molecule has 2 heterocycles. The maximum absolute atomic E-state index is 10.1. The average molecular weight is 216 g/mol. The molecule has 0 bridgehead atoms. The first-order valence-electron chi connectivity index (χ1n) is 4.60. The Morgan fingerprint density at radius 1 is 1.20 bits per heavy atom. The van der Waals surface area contributed by atoms with E-state index in [-0.39, 0.29) is 0 Å². The van der Waals surface area contributed by atoms with Gasteiger partial charge in [-0.2, -0.15) is 0 Å². The third kappa shape index (κ3) is 1.27. The van der Waals surface area contributed by atoms with Crippen LogP contribution in [0, 0.1) is 0 Å². The van der Waals surface area contributed by atoms with E-state index in [1.807, 2.05) is 41.8 Å². The molecular weight excluding hydrogens is 208 g/mol. The highest BCUT2D eigenvalue weighted by Crippen LogP contribution is 2.42. The number of para-hydroxylation sites is 1. The number of hydrogen-bond donors (Lipinski definition) is 1. The number of ether oxygens (including phenoxy) is 1. The number of thioether (sulfide) groups is 1. The third-order valence-corrected chi connectivity index (χ3v) is 3.24. The molecule has 1 aromatic rings. The Morgan fingerprint density at radius 3 is 3.00 bits per heavy atom. The molecule has 0 aliphatic carbocycles. The summed E-state index contributed by atoms with van der Waals surface area (Å²) >= 11 is 1.47. The Bertz CT molecular complexity index is 512. The van der Waals surface area contributed by atoms with Crippen molar-refractivity contribution in [3.8, 4) is 5.75 Å². The summed E-state index contributed by atoms with van der Waals surface area (Å²) in [5.41, 5.74) is 0.757. The SMILES string of the molecule is OC1=C2SC=CC=C2Oc2ccccc21. The number of hydrogen-bond acceptors (Lipinski definition) is 3. The second-order valence-electron chi connectivity index (χ2n) is 3.25. The highest BCUT2D eigenvalue weighted by atomic mass is 32.2. The van der Waals surface area contributed by atoms with Gasteiger partial charge < -0.3 is 9.84 Å². The molecule has 0 amide bonds. The van der Waals surface area contributed by atoms with Crippen LogP contribution in [0.5, 0.6) is 5.75 Å². The minimum Gasteiger partial charge on any atom is -0.506 e. The van der Waals surface area contributed by atoms with Crippen LogP contribution in [0.25, 0.3) is 5.76 Å². The summed E-state index contributed by atoms with van der Waals surface area (Å²) in [5, 5.41) is 12.0. The fraction of sp³-hybridized carbons (Fsp3) is 0. The van der Waals surface area contributed by atoms with Gasteiger partial charge in [0.1, 0.15) is 17.3 Å². The molecule has 74 valence electrons. The molecule has 0 atom stereocenters. The van der Waals surface area contributed by atoms with Gasteiger partial charge in [-0.25, -0.2) is 0 Å². The van der Waals surface area contributed by atoms with E-state index in [0.717, 1.165) is 16.2 Å². The van der Waals surface area contributed by atoms with Gasteiger partial charge in [0.05, 0.1) is 10.5 Å². The van der Waals surface area contributed by atoms with Gasteiger partial charge in [-0.15, -0.1) is 0 Å². The van der Waals surface area contributed by atoms with Crippen LogP contribution in [-0.2, 0) is 0 Å². The molecule has 0 saturated heterocycles.